The zero-order valence-electron chi connectivity index (χ0n) is 12.2. The van der Waals surface area contributed by atoms with Crippen LogP contribution in [0.15, 0.2) is 35.1 Å². The molecule has 0 aliphatic carbocycles. The summed E-state index contributed by atoms with van der Waals surface area (Å²) in [5.74, 6) is 0.766. The van der Waals surface area contributed by atoms with E-state index in [2.05, 4.69) is 43.1 Å². The molecule has 2 aromatic heterocycles. The van der Waals surface area contributed by atoms with Crippen molar-refractivity contribution in [3.8, 4) is 0 Å². The number of amides is 1. The number of carbonyl (C=O) groups excluding carboxylic acids is 1. The van der Waals surface area contributed by atoms with E-state index in [4.69, 9.17) is 0 Å². The fourth-order valence-electron chi connectivity index (χ4n) is 2.41. The number of nitrogens with one attached hydrogen (secondary N) is 3. The lowest BCUT2D eigenvalue weighted by Crippen LogP contribution is -2.25. The lowest BCUT2D eigenvalue weighted by Gasteiger charge is -2.03. The molecule has 1 amide bonds. The van der Waals surface area contributed by atoms with Crippen LogP contribution in [0, 0.1) is 0 Å². The van der Waals surface area contributed by atoms with Gasteiger partial charge in [0.15, 0.2) is 0 Å². The van der Waals surface area contributed by atoms with Crippen LogP contribution >= 0.6 is 15.9 Å². The number of aromatic amines is 2. The summed E-state index contributed by atoms with van der Waals surface area (Å²) in [4.78, 5) is 22.7. The van der Waals surface area contributed by atoms with Gasteiger partial charge in [-0.1, -0.05) is 19.1 Å². The van der Waals surface area contributed by atoms with Gasteiger partial charge < -0.3 is 15.3 Å². The predicted molar refractivity (Wildman–Crippen MR) is 89.5 cm³/mol. The van der Waals surface area contributed by atoms with Crippen molar-refractivity contribution < 1.29 is 4.79 Å². The highest BCUT2D eigenvalue weighted by atomic mass is 79.9. The minimum absolute atomic E-state index is 0.0182. The minimum Gasteiger partial charge on any atom is -0.360 e. The topological polar surface area (TPSA) is 73.6 Å². The summed E-state index contributed by atoms with van der Waals surface area (Å²) in [6, 6.07) is 5.96. The number of H-pyrrole nitrogens is 2. The van der Waals surface area contributed by atoms with Gasteiger partial charge in [0.25, 0.3) is 0 Å². The summed E-state index contributed by atoms with van der Waals surface area (Å²) in [7, 11) is 0. The molecule has 0 aliphatic rings. The summed E-state index contributed by atoms with van der Waals surface area (Å²) in [6.07, 6.45) is 4.94. The van der Waals surface area contributed by atoms with Crippen molar-refractivity contribution in [2.75, 3.05) is 0 Å². The molecule has 0 radical (unpaired) electrons. The quantitative estimate of drug-likeness (QED) is 0.654. The third kappa shape index (κ3) is 3.06. The van der Waals surface area contributed by atoms with E-state index in [0.29, 0.717) is 13.0 Å². The highest BCUT2D eigenvalue weighted by Crippen LogP contribution is 2.25. The lowest BCUT2D eigenvalue weighted by molar-refractivity contribution is -0.120. The number of nitrogens with zero attached hydrogens (tertiary/aromatic N) is 1. The third-order valence-corrected chi connectivity index (χ3v) is 4.28. The Hall–Kier alpha value is -2.08. The number of benzene rings is 1. The number of imidazole rings is 1. The van der Waals surface area contributed by atoms with Crippen molar-refractivity contribution in [3.63, 3.8) is 0 Å². The Balaban J connectivity index is 1.64. The van der Waals surface area contributed by atoms with Gasteiger partial charge in [0, 0.05) is 27.9 Å². The van der Waals surface area contributed by atoms with Gasteiger partial charge in [0.2, 0.25) is 5.91 Å². The van der Waals surface area contributed by atoms with Crippen molar-refractivity contribution >= 4 is 32.7 Å². The minimum atomic E-state index is -0.0182. The standard InChI is InChI=1S/C16H17BrN4O/c1-2-11-8-18-14(21-11)9-19-15(22)6-10-7-20-16-12(10)4-3-5-13(16)17/h3-5,7-8,20H,2,6,9H2,1H3,(H,18,21)(H,19,22). The molecular weight excluding hydrogens is 344 g/mol. The first kappa shape index (κ1) is 14.8. The van der Waals surface area contributed by atoms with E-state index in [-0.39, 0.29) is 5.91 Å². The van der Waals surface area contributed by atoms with Crippen LogP contribution in [0.4, 0.5) is 0 Å². The number of rotatable bonds is 5. The SMILES string of the molecule is CCc1cnc(CNC(=O)Cc2c[nH]c3c(Br)cccc23)[nH]1. The average Bonchev–Trinajstić information content (AvgIpc) is 3.13. The zero-order valence-corrected chi connectivity index (χ0v) is 13.8. The molecule has 1 aromatic carbocycles. The third-order valence-electron chi connectivity index (χ3n) is 3.62. The molecule has 0 unspecified atom stereocenters. The lowest BCUT2D eigenvalue weighted by atomic mass is 10.1. The number of aryl methyl sites for hydroxylation is 1. The van der Waals surface area contributed by atoms with Crippen molar-refractivity contribution in [1.29, 1.82) is 0 Å². The predicted octanol–water partition coefficient (Wildman–Crippen LogP) is 3.07. The molecule has 0 saturated heterocycles. The van der Waals surface area contributed by atoms with Crippen molar-refractivity contribution in [2.45, 2.75) is 26.3 Å². The summed E-state index contributed by atoms with van der Waals surface area (Å²) in [5, 5.41) is 3.96. The van der Waals surface area contributed by atoms with Gasteiger partial charge in [-0.2, -0.15) is 0 Å². The molecule has 0 atom stereocenters. The van der Waals surface area contributed by atoms with Crippen molar-refractivity contribution in [2.24, 2.45) is 0 Å². The number of hydrogen-bond acceptors (Lipinski definition) is 2. The Kier molecular flexibility index (Phi) is 4.29. The van der Waals surface area contributed by atoms with Crippen LogP contribution in [-0.2, 0) is 24.2 Å². The molecule has 0 saturated carbocycles. The van der Waals surface area contributed by atoms with E-state index in [0.717, 1.165) is 38.9 Å². The first-order valence-corrected chi connectivity index (χ1v) is 8.00. The number of fused-ring (bicyclic) bond motifs is 1. The number of para-hydroxylation sites is 1. The summed E-state index contributed by atoms with van der Waals surface area (Å²) in [5.41, 5.74) is 3.08. The monoisotopic (exact) mass is 360 g/mol. The molecule has 0 spiro atoms. The molecule has 0 fully saturated rings. The Morgan fingerprint density at radius 1 is 1.41 bits per heavy atom. The van der Waals surface area contributed by atoms with Crippen molar-refractivity contribution in [1.82, 2.24) is 20.3 Å². The molecule has 3 aromatic rings. The van der Waals surface area contributed by atoms with Gasteiger partial charge in [0.05, 0.1) is 18.5 Å². The van der Waals surface area contributed by atoms with Gasteiger partial charge in [-0.05, 0) is 34.0 Å². The van der Waals surface area contributed by atoms with E-state index < -0.39 is 0 Å². The molecule has 3 N–H and O–H groups in total. The van der Waals surface area contributed by atoms with Crippen LogP contribution in [0.5, 0.6) is 0 Å². The van der Waals surface area contributed by atoms with Crippen LogP contribution in [0.1, 0.15) is 24.0 Å². The largest absolute Gasteiger partial charge is 0.360 e. The summed E-state index contributed by atoms with van der Waals surface area (Å²) >= 11 is 3.50. The first-order chi connectivity index (χ1) is 10.7. The molecular formula is C16H17BrN4O. The van der Waals surface area contributed by atoms with E-state index in [9.17, 15) is 4.79 Å². The number of halogens is 1. The second-order valence-corrected chi connectivity index (χ2v) is 5.99. The van der Waals surface area contributed by atoms with Gasteiger partial charge >= 0.3 is 0 Å². The molecule has 5 nitrogen and oxygen atoms in total. The van der Waals surface area contributed by atoms with E-state index >= 15 is 0 Å². The fourth-order valence-corrected chi connectivity index (χ4v) is 2.90. The van der Waals surface area contributed by atoms with Crippen molar-refractivity contribution in [3.05, 3.63) is 52.1 Å². The number of hydrogen-bond donors (Lipinski definition) is 3. The first-order valence-electron chi connectivity index (χ1n) is 7.21. The Bertz CT molecular complexity index is 805. The van der Waals surface area contributed by atoms with Gasteiger partial charge in [-0.15, -0.1) is 0 Å². The Labute approximate surface area is 136 Å². The molecule has 114 valence electrons. The summed E-state index contributed by atoms with van der Waals surface area (Å²) in [6.45, 7) is 2.48. The number of carbonyl (C=O) groups is 1. The summed E-state index contributed by atoms with van der Waals surface area (Å²) < 4.78 is 0.999. The van der Waals surface area contributed by atoms with Crippen LogP contribution in [-0.4, -0.2) is 20.9 Å². The number of aromatic nitrogens is 3. The smallest absolute Gasteiger partial charge is 0.224 e. The second kappa shape index (κ2) is 6.36. The Morgan fingerprint density at radius 3 is 3.05 bits per heavy atom. The van der Waals surface area contributed by atoms with Gasteiger partial charge in [0.1, 0.15) is 5.82 Å². The molecule has 2 heterocycles. The molecule has 6 heteroatoms. The maximum atomic E-state index is 12.1. The van der Waals surface area contributed by atoms with E-state index in [1.165, 1.54) is 0 Å². The maximum absolute atomic E-state index is 12.1. The highest BCUT2D eigenvalue weighted by Gasteiger charge is 2.10. The highest BCUT2D eigenvalue weighted by molar-refractivity contribution is 9.10. The molecule has 0 bridgehead atoms. The molecule has 3 rings (SSSR count). The van der Waals surface area contributed by atoms with Crippen LogP contribution in [0.25, 0.3) is 10.9 Å². The molecule has 22 heavy (non-hydrogen) atoms. The van der Waals surface area contributed by atoms with Crippen LogP contribution in [0.2, 0.25) is 0 Å². The Morgan fingerprint density at radius 2 is 2.27 bits per heavy atom. The maximum Gasteiger partial charge on any atom is 0.224 e. The molecule has 0 aliphatic heterocycles. The zero-order chi connectivity index (χ0) is 15.5. The fraction of sp³-hybridized carbons (Fsp3) is 0.250. The van der Waals surface area contributed by atoms with Crippen LogP contribution in [0.3, 0.4) is 0 Å². The van der Waals surface area contributed by atoms with Crippen LogP contribution < -0.4 is 5.32 Å². The normalized spacial score (nSPS) is 11.0. The van der Waals surface area contributed by atoms with Gasteiger partial charge in [-0.25, -0.2) is 4.98 Å². The average molecular weight is 361 g/mol. The van der Waals surface area contributed by atoms with E-state index in [1.54, 1.807) is 6.20 Å². The van der Waals surface area contributed by atoms with E-state index in [1.807, 2.05) is 24.4 Å². The second-order valence-electron chi connectivity index (χ2n) is 5.14. The van der Waals surface area contributed by atoms with Gasteiger partial charge in [-0.3, -0.25) is 4.79 Å².